The van der Waals surface area contributed by atoms with Crippen molar-refractivity contribution in [1.82, 2.24) is 14.7 Å². The molecule has 3 aromatic heterocycles. The Hall–Kier alpha value is -1.64. The first-order valence-corrected chi connectivity index (χ1v) is 10.4. The van der Waals surface area contributed by atoms with E-state index in [4.69, 9.17) is 0 Å². The molecule has 5 nitrogen and oxygen atoms in total. The number of thioether (sulfide) groups is 1. The number of carbonyl (C=O) groups excluding carboxylic acids is 1. The van der Waals surface area contributed by atoms with Crippen molar-refractivity contribution in [2.24, 2.45) is 0 Å². The molecule has 0 saturated carbocycles. The number of thiazole rings is 1. The Morgan fingerprint density at radius 1 is 1.46 bits per heavy atom. The van der Waals surface area contributed by atoms with E-state index in [0.717, 1.165) is 6.42 Å². The summed E-state index contributed by atoms with van der Waals surface area (Å²) in [6.07, 6.45) is 2.56. The first-order valence-electron chi connectivity index (χ1n) is 7.46. The van der Waals surface area contributed by atoms with Crippen LogP contribution in [0.3, 0.4) is 0 Å². The van der Waals surface area contributed by atoms with Crippen molar-refractivity contribution in [3.63, 3.8) is 0 Å². The third kappa shape index (κ3) is 4.46. The lowest BCUT2D eigenvalue weighted by Crippen LogP contribution is -2.35. The summed E-state index contributed by atoms with van der Waals surface area (Å²) in [6, 6.07) is 3.72. The molecule has 0 bridgehead atoms. The molecular weight excluding hydrogens is 362 g/mol. The summed E-state index contributed by atoms with van der Waals surface area (Å²) in [4.78, 5) is 29.0. The van der Waals surface area contributed by atoms with Crippen LogP contribution in [0.2, 0.25) is 0 Å². The Bertz CT molecular complexity index is 870. The molecule has 126 valence electrons. The third-order valence-corrected chi connectivity index (χ3v) is 5.82. The summed E-state index contributed by atoms with van der Waals surface area (Å²) in [5, 5.41) is 8.98. The predicted octanol–water partition coefficient (Wildman–Crippen LogP) is 2.80. The molecular formula is C16H17N3O2S3. The van der Waals surface area contributed by atoms with Crippen LogP contribution in [0, 0.1) is 0 Å². The van der Waals surface area contributed by atoms with Gasteiger partial charge in [0.05, 0.1) is 11.4 Å². The van der Waals surface area contributed by atoms with E-state index >= 15 is 0 Å². The number of nitrogens with zero attached hydrogens (tertiary/aromatic N) is 2. The minimum absolute atomic E-state index is 0.0108. The van der Waals surface area contributed by atoms with E-state index in [1.54, 1.807) is 17.5 Å². The van der Waals surface area contributed by atoms with Gasteiger partial charge in [-0.1, -0.05) is 0 Å². The van der Waals surface area contributed by atoms with Crippen LogP contribution in [-0.4, -0.2) is 27.1 Å². The smallest absolute Gasteiger partial charge is 0.258 e. The molecule has 1 N–H and O–H groups in total. The van der Waals surface area contributed by atoms with Gasteiger partial charge in [0.1, 0.15) is 0 Å². The number of carbonyl (C=O) groups is 1. The number of amides is 1. The van der Waals surface area contributed by atoms with Crippen LogP contribution in [0.1, 0.15) is 18.2 Å². The SMILES string of the molecule is CC(Cc1ccsc1)NC(=O)CSCc1cc(=O)n2ccsc2n1. The van der Waals surface area contributed by atoms with Crippen molar-refractivity contribution in [1.29, 1.82) is 0 Å². The average Bonchev–Trinajstić information content (AvgIpc) is 3.18. The fourth-order valence-electron chi connectivity index (χ4n) is 2.34. The van der Waals surface area contributed by atoms with Crippen LogP contribution in [0.15, 0.2) is 39.3 Å². The first kappa shape index (κ1) is 17.2. The average molecular weight is 380 g/mol. The number of rotatable bonds is 7. The van der Waals surface area contributed by atoms with Gasteiger partial charge in [-0.3, -0.25) is 14.0 Å². The van der Waals surface area contributed by atoms with Crippen molar-refractivity contribution in [2.45, 2.75) is 25.1 Å². The third-order valence-electron chi connectivity index (χ3n) is 3.37. The quantitative estimate of drug-likeness (QED) is 0.686. The molecule has 1 atom stereocenters. The Balaban J connectivity index is 1.46. The minimum Gasteiger partial charge on any atom is -0.353 e. The molecule has 8 heteroatoms. The lowest BCUT2D eigenvalue weighted by molar-refractivity contribution is -0.119. The molecule has 0 saturated heterocycles. The van der Waals surface area contributed by atoms with Crippen LogP contribution < -0.4 is 10.9 Å². The highest BCUT2D eigenvalue weighted by molar-refractivity contribution is 7.99. The van der Waals surface area contributed by atoms with Gasteiger partial charge >= 0.3 is 0 Å². The van der Waals surface area contributed by atoms with Crippen LogP contribution >= 0.6 is 34.4 Å². The molecule has 1 unspecified atom stereocenters. The maximum atomic E-state index is 12.0. The molecule has 24 heavy (non-hydrogen) atoms. The van der Waals surface area contributed by atoms with E-state index < -0.39 is 0 Å². The van der Waals surface area contributed by atoms with Gasteiger partial charge in [-0.05, 0) is 35.7 Å². The van der Waals surface area contributed by atoms with E-state index in [9.17, 15) is 9.59 Å². The number of hydrogen-bond donors (Lipinski definition) is 1. The maximum Gasteiger partial charge on any atom is 0.258 e. The van der Waals surface area contributed by atoms with E-state index in [0.29, 0.717) is 22.2 Å². The molecule has 3 rings (SSSR count). The van der Waals surface area contributed by atoms with E-state index in [1.807, 2.05) is 17.7 Å². The summed E-state index contributed by atoms with van der Waals surface area (Å²) in [5.74, 6) is 0.923. The zero-order valence-corrected chi connectivity index (χ0v) is 15.5. The fraction of sp³-hybridized carbons (Fsp3) is 0.312. The monoisotopic (exact) mass is 379 g/mol. The lowest BCUT2D eigenvalue weighted by Gasteiger charge is -2.12. The Morgan fingerprint density at radius 2 is 2.33 bits per heavy atom. The van der Waals surface area contributed by atoms with Crippen LogP contribution in [-0.2, 0) is 17.0 Å². The molecule has 0 aliphatic carbocycles. The molecule has 0 aliphatic rings. The van der Waals surface area contributed by atoms with Crippen LogP contribution in [0.5, 0.6) is 0 Å². The predicted molar refractivity (Wildman–Crippen MR) is 101 cm³/mol. The van der Waals surface area contributed by atoms with Crippen molar-refractivity contribution in [3.05, 3.63) is 56.1 Å². The van der Waals surface area contributed by atoms with E-state index in [-0.39, 0.29) is 17.5 Å². The van der Waals surface area contributed by atoms with Crippen molar-refractivity contribution < 1.29 is 4.79 Å². The summed E-state index contributed by atoms with van der Waals surface area (Å²) in [5.41, 5.74) is 1.88. The molecule has 3 aromatic rings. The molecule has 0 aromatic carbocycles. The van der Waals surface area contributed by atoms with Crippen molar-refractivity contribution in [2.75, 3.05) is 5.75 Å². The molecule has 0 radical (unpaired) electrons. The van der Waals surface area contributed by atoms with Gasteiger partial charge in [0.2, 0.25) is 5.91 Å². The molecule has 0 aliphatic heterocycles. The number of aromatic nitrogens is 2. The minimum atomic E-state index is -0.0781. The summed E-state index contributed by atoms with van der Waals surface area (Å²) in [7, 11) is 0. The molecule has 3 heterocycles. The van der Waals surface area contributed by atoms with Gasteiger partial charge < -0.3 is 5.32 Å². The van der Waals surface area contributed by atoms with Crippen molar-refractivity contribution >= 4 is 45.3 Å². The standard InChI is InChI=1S/C16H17N3O2S3/c1-11(6-12-2-4-22-8-12)17-14(20)10-23-9-13-7-15(21)19-3-5-24-16(19)18-13/h2-5,7-8,11H,6,9-10H2,1H3,(H,17,20). The number of thiophene rings is 1. The zero-order chi connectivity index (χ0) is 16.9. The largest absolute Gasteiger partial charge is 0.353 e. The van der Waals surface area contributed by atoms with Gasteiger partial charge in [-0.25, -0.2) is 4.98 Å². The molecule has 0 fully saturated rings. The Labute approximate surface area is 151 Å². The highest BCUT2D eigenvalue weighted by Crippen LogP contribution is 2.13. The maximum absolute atomic E-state index is 12.0. The van der Waals surface area contributed by atoms with Gasteiger partial charge in [0.25, 0.3) is 5.56 Å². The molecule has 1 amide bonds. The van der Waals surface area contributed by atoms with Gasteiger partial charge in [-0.15, -0.1) is 23.1 Å². The number of nitrogens with one attached hydrogen (secondary N) is 1. The van der Waals surface area contributed by atoms with Crippen LogP contribution in [0.25, 0.3) is 4.96 Å². The second kappa shape index (κ2) is 7.96. The second-order valence-electron chi connectivity index (χ2n) is 5.44. The number of hydrogen-bond acceptors (Lipinski definition) is 6. The topological polar surface area (TPSA) is 63.5 Å². The number of fused-ring (bicyclic) bond motifs is 1. The van der Waals surface area contributed by atoms with E-state index in [2.05, 4.69) is 21.7 Å². The highest BCUT2D eigenvalue weighted by Gasteiger charge is 2.09. The Kier molecular flexibility index (Phi) is 5.70. The normalized spacial score (nSPS) is 12.4. The summed E-state index contributed by atoms with van der Waals surface area (Å²) < 4.78 is 1.53. The highest BCUT2D eigenvalue weighted by atomic mass is 32.2. The lowest BCUT2D eigenvalue weighted by atomic mass is 10.1. The van der Waals surface area contributed by atoms with Crippen molar-refractivity contribution in [3.8, 4) is 0 Å². The first-order chi connectivity index (χ1) is 11.6. The Morgan fingerprint density at radius 3 is 3.12 bits per heavy atom. The van der Waals surface area contributed by atoms with Gasteiger partial charge in [0, 0.05) is 29.4 Å². The fourth-order valence-corrected chi connectivity index (χ4v) is 4.49. The van der Waals surface area contributed by atoms with Crippen LogP contribution in [0.4, 0.5) is 0 Å². The van der Waals surface area contributed by atoms with Gasteiger partial charge in [0.15, 0.2) is 4.96 Å². The summed E-state index contributed by atoms with van der Waals surface area (Å²) in [6.45, 7) is 2.01. The molecule has 0 spiro atoms. The summed E-state index contributed by atoms with van der Waals surface area (Å²) >= 11 is 4.56. The van der Waals surface area contributed by atoms with Gasteiger partial charge in [-0.2, -0.15) is 11.3 Å². The van der Waals surface area contributed by atoms with E-state index in [1.165, 1.54) is 39.1 Å². The zero-order valence-electron chi connectivity index (χ0n) is 13.1. The second-order valence-corrected chi connectivity index (χ2v) is 8.08.